The van der Waals surface area contributed by atoms with Gasteiger partial charge >= 0.3 is 0 Å². The molecule has 0 fully saturated rings. The van der Waals surface area contributed by atoms with E-state index in [1.165, 1.54) is 0 Å². The summed E-state index contributed by atoms with van der Waals surface area (Å²) in [5, 5.41) is 13.6. The average Bonchev–Trinajstić information content (AvgIpc) is 2.34. The molecular formula is C13H20ClNO2. The Morgan fingerprint density at radius 3 is 2.59 bits per heavy atom. The van der Waals surface area contributed by atoms with Gasteiger partial charge in [-0.05, 0) is 31.5 Å². The molecule has 0 saturated heterocycles. The Kier molecular flexibility index (Phi) is 6.52. The van der Waals surface area contributed by atoms with E-state index in [1.54, 1.807) is 0 Å². The molecule has 0 radical (unpaired) electrons. The molecule has 96 valence electrons. The van der Waals surface area contributed by atoms with Crippen LogP contribution in [0.25, 0.3) is 0 Å². The minimum Gasteiger partial charge on any atom is -0.389 e. The van der Waals surface area contributed by atoms with Crippen LogP contribution in [0.2, 0.25) is 5.02 Å². The van der Waals surface area contributed by atoms with Gasteiger partial charge in [-0.2, -0.15) is 0 Å². The highest BCUT2D eigenvalue weighted by Crippen LogP contribution is 2.15. The van der Waals surface area contributed by atoms with Gasteiger partial charge in [0.15, 0.2) is 0 Å². The van der Waals surface area contributed by atoms with Gasteiger partial charge in [-0.3, -0.25) is 0 Å². The topological polar surface area (TPSA) is 41.5 Å². The Bertz CT molecular complexity index is 316. The second-order valence-corrected chi connectivity index (χ2v) is 4.43. The minimum atomic E-state index is -0.468. The minimum absolute atomic E-state index is 0.184. The molecule has 0 aliphatic rings. The maximum atomic E-state index is 9.61. The molecule has 17 heavy (non-hydrogen) atoms. The fraction of sp³-hybridized carbons (Fsp3) is 0.538. The fourth-order valence-electron chi connectivity index (χ4n) is 1.49. The molecule has 1 aromatic carbocycles. The highest BCUT2D eigenvalue weighted by Gasteiger charge is 2.08. The van der Waals surface area contributed by atoms with E-state index < -0.39 is 6.10 Å². The van der Waals surface area contributed by atoms with Crippen molar-refractivity contribution in [3.63, 3.8) is 0 Å². The molecular weight excluding hydrogens is 238 g/mol. The molecule has 2 N–H and O–H groups in total. The molecule has 0 heterocycles. The molecule has 0 aliphatic carbocycles. The second-order valence-electron chi connectivity index (χ2n) is 3.99. The van der Waals surface area contributed by atoms with E-state index >= 15 is 0 Å². The van der Waals surface area contributed by atoms with Crippen molar-refractivity contribution in [2.45, 2.75) is 26.0 Å². The van der Waals surface area contributed by atoms with Crippen molar-refractivity contribution in [1.82, 2.24) is 5.32 Å². The van der Waals surface area contributed by atoms with Crippen molar-refractivity contribution < 1.29 is 9.84 Å². The molecule has 1 unspecified atom stereocenters. The number of halogens is 1. The smallest absolute Gasteiger partial charge is 0.0897 e. The van der Waals surface area contributed by atoms with Crippen LogP contribution < -0.4 is 5.32 Å². The molecule has 1 rings (SSSR count). The van der Waals surface area contributed by atoms with Gasteiger partial charge in [-0.1, -0.05) is 23.7 Å². The largest absolute Gasteiger partial charge is 0.389 e. The average molecular weight is 258 g/mol. The summed E-state index contributed by atoms with van der Waals surface area (Å²) in [6, 6.07) is 7.88. The van der Waals surface area contributed by atoms with Crippen LogP contribution >= 0.6 is 11.6 Å². The number of rotatable bonds is 7. The van der Waals surface area contributed by atoms with E-state index in [1.807, 2.05) is 31.2 Å². The molecule has 0 aromatic heterocycles. The van der Waals surface area contributed by atoms with Gasteiger partial charge < -0.3 is 15.2 Å². The molecule has 0 aliphatic heterocycles. The first kappa shape index (κ1) is 14.5. The van der Waals surface area contributed by atoms with Crippen molar-refractivity contribution >= 4 is 11.6 Å². The number of aliphatic hydroxyl groups is 1. The fourth-order valence-corrected chi connectivity index (χ4v) is 1.62. The Labute approximate surface area is 108 Å². The highest BCUT2D eigenvalue weighted by atomic mass is 35.5. The number of nitrogens with one attached hydrogen (secondary N) is 1. The van der Waals surface area contributed by atoms with Gasteiger partial charge in [0.25, 0.3) is 0 Å². The lowest BCUT2D eigenvalue weighted by atomic mass is 10.1. The third kappa shape index (κ3) is 5.50. The SMILES string of the molecule is CCOCC(O)CN[C@H](C)c1ccc(Cl)cc1. The lowest BCUT2D eigenvalue weighted by Gasteiger charge is -2.17. The van der Waals surface area contributed by atoms with Crippen molar-refractivity contribution in [3.8, 4) is 0 Å². The highest BCUT2D eigenvalue weighted by molar-refractivity contribution is 6.30. The van der Waals surface area contributed by atoms with E-state index in [9.17, 15) is 5.11 Å². The lowest BCUT2D eigenvalue weighted by molar-refractivity contribution is 0.0416. The summed E-state index contributed by atoms with van der Waals surface area (Å²) in [7, 11) is 0. The monoisotopic (exact) mass is 257 g/mol. The zero-order valence-electron chi connectivity index (χ0n) is 10.3. The Morgan fingerprint density at radius 1 is 1.35 bits per heavy atom. The van der Waals surface area contributed by atoms with Crippen LogP contribution in [0.4, 0.5) is 0 Å². The molecule has 0 amide bonds. The van der Waals surface area contributed by atoms with E-state index in [0.29, 0.717) is 19.8 Å². The Hall–Kier alpha value is -0.610. The molecule has 0 saturated carbocycles. The first-order valence-electron chi connectivity index (χ1n) is 5.88. The maximum Gasteiger partial charge on any atom is 0.0897 e. The first-order chi connectivity index (χ1) is 8.13. The van der Waals surface area contributed by atoms with Crippen molar-refractivity contribution in [2.75, 3.05) is 19.8 Å². The van der Waals surface area contributed by atoms with Crippen molar-refractivity contribution in [2.24, 2.45) is 0 Å². The number of hydrogen-bond donors (Lipinski definition) is 2. The van der Waals surface area contributed by atoms with E-state index in [2.05, 4.69) is 12.2 Å². The van der Waals surface area contributed by atoms with Crippen LogP contribution in [0.1, 0.15) is 25.5 Å². The van der Waals surface area contributed by atoms with Gasteiger partial charge in [0.2, 0.25) is 0 Å². The number of hydrogen-bond acceptors (Lipinski definition) is 3. The predicted molar refractivity (Wildman–Crippen MR) is 70.4 cm³/mol. The predicted octanol–water partition coefficient (Wildman–Crippen LogP) is 2.39. The third-order valence-corrected chi connectivity index (χ3v) is 2.80. The number of ether oxygens (including phenoxy) is 1. The van der Waals surface area contributed by atoms with Crippen LogP contribution in [0.5, 0.6) is 0 Å². The lowest BCUT2D eigenvalue weighted by Crippen LogP contribution is -2.32. The van der Waals surface area contributed by atoms with Crippen LogP contribution in [-0.2, 0) is 4.74 Å². The van der Waals surface area contributed by atoms with Crippen LogP contribution in [0, 0.1) is 0 Å². The van der Waals surface area contributed by atoms with Crippen LogP contribution in [0.15, 0.2) is 24.3 Å². The summed E-state index contributed by atoms with van der Waals surface area (Å²) in [4.78, 5) is 0. The summed E-state index contributed by atoms with van der Waals surface area (Å²) in [6.45, 7) is 5.48. The molecule has 0 spiro atoms. The van der Waals surface area contributed by atoms with E-state index in [-0.39, 0.29) is 6.04 Å². The second kappa shape index (κ2) is 7.67. The quantitative estimate of drug-likeness (QED) is 0.788. The maximum absolute atomic E-state index is 9.61. The third-order valence-electron chi connectivity index (χ3n) is 2.54. The standard InChI is InChI=1S/C13H20ClNO2/c1-3-17-9-13(16)8-15-10(2)11-4-6-12(14)7-5-11/h4-7,10,13,15-16H,3,8-9H2,1-2H3/t10-,13?/m1/s1. The zero-order valence-corrected chi connectivity index (χ0v) is 11.1. The van der Waals surface area contributed by atoms with Crippen LogP contribution in [0.3, 0.4) is 0 Å². The van der Waals surface area contributed by atoms with Gasteiger partial charge in [0.05, 0.1) is 12.7 Å². The van der Waals surface area contributed by atoms with E-state index in [4.69, 9.17) is 16.3 Å². The van der Waals surface area contributed by atoms with Gasteiger partial charge in [-0.25, -0.2) is 0 Å². The molecule has 4 heteroatoms. The van der Waals surface area contributed by atoms with Crippen molar-refractivity contribution in [3.05, 3.63) is 34.9 Å². The molecule has 0 bridgehead atoms. The van der Waals surface area contributed by atoms with Gasteiger partial charge in [-0.15, -0.1) is 0 Å². The number of benzene rings is 1. The molecule has 3 nitrogen and oxygen atoms in total. The first-order valence-corrected chi connectivity index (χ1v) is 6.26. The zero-order chi connectivity index (χ0) is 12.7. The van der Waals surface area contributed by atoms with Crippen molar-refractivity contribution in [1.29, 1.82) is 0 Å². The summed E-state index contributed by atoms with van der Waals surface area (Å²) in [6.07, 6.45) is -0.468. The summed E-state index contributed by atoms with van der Waals surface area (Å²) in [5.74, 6) is 0. The summed E-state index contributed by atoms with van der Waals surface area (Å²) in [5.41, 5.74) is 1.15. The molecule has 2 atom stereocenters. The molecule has 1 aromatic rings. The van der Waals surface area contributed by atoms with E-state index in [0.717, 1.165) is 10.6 Å². The van der Waals surface area contributed by atoms with Crippen LogP contribution in [-0.4, -0.2) is 31.0 Å². The Balaban J connectivity index is 2.34. The summed E-state index contributed by atoms with van der Waals surface area (Å²) < 4.78 is 5.14. The number of aliphatic hydroxyl groups excluding tert-OH is 1. The summed E-state index contributed by atoms with van der Waals surface area (Å²) >= 11 is 5.82. The Morgan fingerprint density at radius 2 is 2.00 bits per heavy atom. The van der Waals surface area contributed by atoms with Gasteiger partial charge in [0, 0.05) is 24.2 Å². The van der Waals surface area contributed by atoms with Gasteiger partial charge in [0.1, 0.15) is 0 Å². The normalized spacial score (nSPS) is 14.6.